The van der Waals surface area contributed by atoms with Crippen molar-refractivity contribution < 1.29 is 0 Å². The highest BCUT2D eigenvalue weighted by Crippen LogP contribution is 2.27. The molecule has 0 aromatic heterocycles. The minimum Gasteiger partial charge on any atom is -0.370 e. The maximum Gasteiger partial charge on any atom is 0.0377 e. The lowest BCUT2D eigenvalue weighted by Crippen LogP contribution is -2.36. The predicted molar refractivity (Wildman–Crippen MR) is 79.6 cm³/mol. The van der Waals surface area contributed by atoms with E-state index in [9.17, 15) is 0 Å². The van der Waals surface area contributed by atoms with Crippen LogP contribution in [0.4, 0.5) is 5.69 Å². The highest BCUT2D eigenvalue weighted by atomic mass is 32.2. The largest absolute Gasteiger partial charge is 0.370 e. The highest BCUT2D eigenvalue weighted by molar-refractivity contribution is 7.98. The van der Waals surface area contributed by atoms with E-state index in [0.29, 0.717) is 0 Å². The van der Waals surface area contributed by atoms with Crippen molar-refractivity contribution in [2.24, 2.45) is 0 Å². The zero-order valence-electron chi connectivity index (χ0n) is 11.1. The molecular formula is C15H22N2S. The molecule has 0 spiro atoms. The van der Waals surface area contributed by atoms with E-state index in [2.05, 4.69) is 40.3 Å². The van der Waals surface area contributed by atoms with Gasteiger partial charge >= 0.3 is 0 Å². The lowest BCUT2D eigenvalue weighted by molar-refractivity contribution is 0.273. The van der Waals surface area contributed by atoms with Crippen molar-refractivity contribution in [3.63, 3.8) is 0 Å². The van der Waals surface area contributed by atoms with Gasteiger partial charge in [0.25, 0.3) is 0 Å². The lowest BCUT2D eigenvalue weighted by atomic mass is 10.2. The van der Waals surface area contributed by atoms with Gasteiger partial charge in [-0.2, -0.15) is 0 Å². The normalized spacial score (nSPS) is 24.9. The van der Waals surface area contributed by atoms with Crippen molar-refractivity contribution in [1.29, 1.82) is 0 Å². The van der Waals surface area contributed by atoms with E-state index in [0.717, 1.165) is 6.04 Å². The van der Waals surface area contributed by atoms with Crippen molar-refractivity contribution in [1.82, 2.24) is 4.90 Å². The van der Waals surface area contributed by atoms with Crippen molar-refractivity contribution in [2.45, 2.75) is 30.2 Å². The number of fused-ring (bicyclic) bond motifs is 1. The van der Waals surface area contributed by atoms with Gasteiger partial charge < -0.3 is 4.90 Å². The third-order valence-corrected chi connectivity index (χ3v) is 4.95. The lowest BCUT2D eigenvalue weighted by Gasteiger charge is -2.27. The molecule has 0 N–H and O–H groups in total. The maximum absolute atomic E-state index is 2.69. The Hall–Kier alpha value is -0.670. The molecule has 0 bridgehead atoms. The molecule has 2 fully saturated rings. The van der Waals surface area contributed by atoms with Gasteiger partial charge in [0, 0.05) is 36.3 Å². The molecule has 0 radical (unpaired) electrons. The minimum atomic E-state index is 0.797. The van der Waals surface area contributed by atoms with E-state index in [1.807, 2.05) is 11.8 Å². The highest BCUT2D eigenvalue weighted by Gasteiger charge is 2.28. The maximum atomic E-state index is 2.69. The molecule has 2 aliphatic rings. The summed E-state index contributed by atoms with van der Waals surface area (Å²) in [7, 11) is 0. The van der Waals surface area contributed by atoms with Crippen molar-refractivity contribution in [3.8, 4) is 0 Å². The Morgan fingerprint density at radius 3 is 2.94 bits per heavy atom. The van der Waals surface area contributed by atoms with Crippen LogP contribution in [0.3, 0.4) is 0 Å². The zero-order valence-corrected chi connectivity index (χ0v) is 12.0. The molecule has 0 aliphatic carbocycles. The first-order valence-electron chi connectivity index (χ1n) is 7.00. The van der Waals surface area contributed by atoms with Crippen LogP contribution in [-0.4, -0.2) is 43.4 Å². The molecule has 2 heterocycles. The standard InChI is InChI=1S/C15H22N2S/c1-18-15-7-2-5-13(11-15)17-10-4-9-16-8-3-6-14(16)12-17/h2,5,7,11,14H,3-4,6,8-10,12H2,1H3. The predicted octanol–water partition coefficient (Wildman–Crippen LogP) is 3.08. The Morgan fingerprint density at radius 1 is 1.17 bits per heavy atom. The van der Waals surface area contributed by atoms with Gasteiger partial charge in [-0.1, -0.05) is 6.07 Å². The van der Waals surface area contributed by atoms with Crippen molar-refractivity contribution in [2.75, 3.05) is 37.3 Å². The van der Waals surface area contributed by atoms with Gasteiger partial charge in [-0.3, -0.25) is 4.90 Å². The summed E-state index contributed by atoms with van der Waals surface area (Å²) in [5, 5.41) is 0. The van der Waals surface area contributed by atoms with Crippen LogP contribution >= 0.6 is 11.8 Å². The number of benzene rings is 1. The second kappa shape index (κ2) is 5.54. The third-order valence-electron chi connectivity index (χ3n) is 4.22. The monoisotopic (exact) mass is 262 g/mol. The fraction of sp³-hybridized carbons (Fsp3) is 0.600. The van der Waals surface area contributed by atoms with E-state index < -0.39 is 0 Å². The van der Waals surface area contributed by atoms with E-state index in [4.69, 9.17) is 0 Å². The topological polar surface area (TPSA) is 6.48 Å². The SMILES string of the molecule is CSc1cccc(N2CCCN3CCCC3C2)c1. The molecule has 3 rings (SSSR count). The summed E-state index contributed by atoms with van der Waals surface area (Å²) < 4.78 is 0. The van der Waals surface area contributed by atoms with Crippen molar-refractivity contribution in [3.05, 3.63) is 24.3 Å². The molecule has 2 nitrogen and oxygen atoms in total. The molecule has 18 heavy (non-hydrogen) atoms. The van der Waals surface area contributed by atoms with Crippen LogP contribution in [0.5, 0.6) is 0 Å². The first kappa shape index (κ1) is 12.4. The minimum absolute atomic E-state index is 0.797. The second-order valence-electron chi connectivity index (χ2n) is 5.33. The van der Waals surface area contributed by atoms with Crippen LogP contribution in [0.15, 0.2) is 29.2 Å². The van der Waals surface area contributed by atoms with Crippen LogP contribution in [0.2, 0.25) is 0 Å². The number of rotatable bonds is 2. The molecule has 2 aliphatic heterocycles. The van der Waals surface area contributed by atoms with E-state index in [1.54, 1.807) is 0 Å². The van der Waals surface area contributed by atoms with Crippen molar-refractivity contribution >= 4 is 17.4 Å². The molecule has 3 heteroatoms. The molecule has 98 valence electrons. The van der Waals surface area contributed by atoms with Gasteiger partial charge in [-0.25, -0.2) is 0 Å². The smallest absolute Gasteiger partial charge is 0.0377 e. The Bertz CT molecular complexity index is 407. The van der Waals surface area contributed by atoms with Crippen LogP contribution in [0.1, 0.15) is 19.3 Å². The molecule has 1 unspecified atom stereocenters. The number of hydrogen-bond donors (Lipinski definition) is 0. The van der Waals surface area contributed by atoms with Gasteiger partial charge in [0.1, 0.15) is 0 Å². The van der Waals surface area contributed by atoms with Gasteiger partial charge in [0.05, 0.1) is 0 Å². The van der Waals surface area contributed by atoms with Crippen LogP contribution in [-0.2, 0) is 0 Å². The Balaban J connectivity index is 1.78. The van der Waals surface area contributed by atoms with E-state index in [1.165, 1.54) is 56.0 Å². The van der Waals surface area contributed by atoms with Crippen LogP contribution in [0.25, 0.3) is 0 Å². The average molecular weight is 262 g/mol. The molecule has 0 amide bonds. The molecule has 1 aromatic carbocycles. The summed E-state index contributed by atoms with van der Waals surface area (Å²) >= 11 is 1.83. The van der Waals surface area contributed by atoms with Gasteiger partial charge in [-0.05, 0) is 50.3 Å². The Morgan fingerprint density at radius 2 is 2.06 bits per heavy atom. The number of thioether (sulfide) groups is 1. The molecule has 0 saturated carbocycles. The molecule has 1 aromatic rings. The third kappa shape index (κ3) is 2.52. The second-order valence-corrected chi connectivity index (χ2v) is 6.21. The van der Waals surface area contributed by atoms with Gasteiger partial charge in [0.2, 0.25) is 0 Å². The first-order chi connectivity index (χ1) is 8.86. The summed E-state index contributed by atoms with van der Waals surface area (Å²) in [4.78, 5) is 6.66. The quantitative estimate of drug-likeness (QED) is 0.756. The van der Waals surface area contributed by atoms with E-state index >= 15 is 0 Å². The Kier molecular flexibility index (Phi) is 3.80. The molecular weight excluding hydrogens is 240 g/mol. The summed E-state index contributed by atoms with van der Waals surface area (Å²) in [6.07, 6.45) is 6.24. The van der Waals surface area contributed by atoms with Gasteiger partial charge in [-0.15, -0.1) is 11.8 Å². The summed E-state index contributed by atoms with van der Waals surface area (Å²) in [6, 6.07) is 9.80. The van der Waals surface area contributed by atoms with E-state index in [-0.39, 0.29) is 0 Å². The summed E-state index contributed by atoms with van der Waals surface area (Å²) in [5.41, 5.74) is 1.41. The fourth-order valence-corrected chi connectivity index (χ4v) is 3.70. The van der Waals surface area contributed by atoms with Gasteiger partial charge in [0.15, 0.2) is 0 Å². The average Bonchev–Trinajstić information content (AvgIpc) is 2.76. The zero-order chi connectivity index (χ0) is 12.4. The number of hydrogen-bond acceptors (Lipinski definition) is 3. The molecule has 1 atom stereocenters. The first-order valence-corrected chi connectivity index (χ1v) is 8.22. The number of nitrogens with zero attached hydrogens (tertiary/aromatic N) is 2. The fourth-order valence-electron chi connectivity index (χ4n) is 3.25. The summed E-state index contributed by atoms with van der Waals surface area (Å²) in [6.45, 7) is 5.05. The van der Waals surface area contributed by atoms with Crippen LogP contribution in [0, 0.1) is 0 Å². The van der Waals surface area contributed by atoms with Crippen LogP contribution < -0.4 is 4.90 Å². The Labute approximate surface area is 114 Å². The molecule has 2 saturated heterocycles. The number of anilines is 1. The summed E-state index contributed by atoms with van der Waals surface area (Å²) in [5.74, 6) is 0.